The van der Waals surface area contributed by atoms with Crippen molar-refractivity contribution in [3.63, 3.8) is 0 Å². The summed E-state index contributed by atoms with van der Waals surface area (Å²) in [6, 6.07) is 8.37. The van der Waals surface area contributed by atoms with E-state index in [1.165, 1.54) is 11.3 Å². The third kappa shape index (κ3) is 3.40. The summed E-state index contributed by atoms with van der Waals surface area (Å²) >= 11 is 1.86. The monoisotopic (exact) mass is 303 g/mol. The number of nitrogens with zero attached hydrogens (tertiary/aromatic N) is 2. The molecule has 1 aromatic heterocycles. The molecule has 4 nitrogen and oxygen atoms in total. The summed E-state index contributed by atoms with van der Waals surface area (Å²) in [5.41, 5.74) is 2.44. The fourth-order valence-electron chi connectivity index (χ4n) is 2.58. The van der Waals surface area contributed by atoms with Crippen molar-refractivity contribution in [1.82, 2.24) is 10.1 Å². The number of hydrogen-bond donors (Lipinski definition) is 1. The van der Waals surface area contributed by atoms with E-state index in [4.69, 9.17) is 4.52 Å². The summed E-state index contributed by atoms with van der Waals surface area (Å²) in [7, 11) is 0. The van der Waals surface area contributed by atoms with Crippen LogP contribution in [0.1, 0.15) is 43.5 Å². The van der Waals surface area contributed by atoms with Gasteiger partial charge in [0.25, 0.3) is 0 Å². The minimum Gasteiger partial charge on any atom is -0.385 e. The van der Waals surface area contributed by atoms with Crippen LogP contribution in [0.2, 0.25) is 0 Å². The highest BCUT2D eigenvalue weighted by molar-refractivity contribution is 7.98. The predicted molar refractivity (Wildman–Crippen MR) is 86.7 cm³/mol. The Labute approximate surface area is 129 Å². The molecule has 1 N–H and O–H groups in total. The number of rotatable bonds is 5. The number of thioether (sulfide) groups is 1. The van der Waals surface area contributed by atoms with Crippen molar-refractivity contribution in [2.24, 2.45) is 5.92 Å². The van der Waals surface area contributed by atoms with Gasteiger partial charge in [0.1, 0.15) is 0 Å². The van der Waals surface area contributed by atoms with E-state index in [1.807, 2.05) is 11.8 Å². The zero-order valence-electron chi connectivity index (χ0n) is 12.5. The lowest BCUT2D eigenvalue weighted by atomic mass is 9.91. The quantitative estimate of drug-likeness (QED) is 0.907. The minimum atomic E-state index is 0.221. The van der Waals surface area contributed by atoms with Crippen molar-refractivity contribution in [3.05, 3.63) is 41.5 Å². The molecule has 5 heteroatoms. The molecule has 0 bridgehead atoms. The van der Waals surface area contributed by atoms with Gasteiger partial charge in [0.05, 0.1) is 11.7 Å². The van der Waals surface area contributed by atoms with Gasteiger partial charge >= 0.3 is 0 Å². The Morgan fingerprint density at radius 3 is 3.10 bits per heavy atom. The second-order valence-corrected chi connectivity index (χ2v) is 6.84. The van der Waals surface area contributed by atoms with E-state index in [1.54, 1.807) is 0 Å². The lowest BCUT2D eigenvalue weighted by Crippen LogP contribution is -2.17. The summed E-state index contributed by atoms with van der Waals surface area (Å²) < 4.78 is 5.52. The van der Waals surface area contributed by atoms with Gasteiger partial charge in [-0.05, 0) is 29.7 Å². The SMILES string of the molecule is CC(C)CSCc1noc(C2CCNc3ccccc32)n1. The van der Waals surface area contributed by atoms with E-state index in [9.17, 15) is 0 Å². The van der Waals surface area contributed by atoms with Crippen LogP contribution in [0.3, 0.4) is 0 Å². The summed E-state index contributed by atoms with van der Waals surface area (Å²) in [4.78, 5) is 4.60. The highest BCUT2D eigenvalue weighted by Crippen LogP contribution is 2.35. The van der Waals surface area contributed by atoms with E-state index in [2.05, 4.69) is 53.6 Å². The molecular weight excluding hydrogens is 282 g/mol. The van der Waals surface area contributed by atoms with Crippen molar-refractivity contribution in [2.45, 2.75) is 31.9 Å². The maximum Gasteiger partial charge on any atom is 0.234 e. The van der Waals surface area contributed by atoms with E-state index < -0.39 is 0 Å². The third-order valence-electron chi connectivity index (χ3n) is 3.55. The van der Waals surface area contributed by atoms with Crippen molar-refractivity contribution in [3.8, 4) is 0 Å². The van der Waals surface area contributed by atoms with Crippen LogP contribution in [0.25, 0.3) is 0 Å². The maximum atomic E-state index is 5.52. The van der Waals surface area contributed by atoms with Gasteiger partial charge in [-0.25, -0.2) is 0 Å². The number of anilines is 1. The number of para-hydroxylation sites is 1. The molecule has 0 aliphatic carbocycles. The molecule has 0 fully saturated rings. The average molecular weight is 303 g/mol. The summed E-state index contributed by atoms with van der Waals surface area (Å²) in [5, 5.41) is 7.56. The predicted octanol–water partition coefficient (Wildman–Crippen LogP) is 3.91. The molecule has 0 spiro atoms. The van der Waals surface area contributed by atoms with Crippen molar-refractivity contribution in [1.29, 1.82) is 0 Å². The number of nitrogens with one attached hydrogen (secondary N) is 1. The Morgan fingerprint density at radius 1 is 1.38 bits per heavy atom. The molecular formula is C16H21N3OS. The molecule has 1 aromatic carbocycles. The van der Waals surface area contributed by atoms with Gasteiger partial charge in [-0.3, -0.25) is 0 Å². The molecule has 1 aliphatic heterocycles. The molecule has 3 rings (SSSR count). The van der Waals surface area contributed by atoms with Gasteiger partial charge in [0.15, 0.2) is 5.82 Å². The summed E-state index contributed by atoms with van der Waals surface area (Å²) in [6.07, 6.45) is 0.998. The molecule has 2 aromatic rings. The van der Waals surface area contributed by atoms with Crippen molar-refractivity contribution in [2.75, 3.05) is 17.6 Å². The van der Waals surface area contributed by atoms with E-state index in [0.29, 0.717) is 5.92 Å². The first-order valence-electron chi connectivity index (χ1n) is 7.47. The normalized spacial score (nSPS) is 17.6. The van der Waals surface area contributed by atoms with E-state index in [0.717, 1.165) is 36.2 Å². The van der Waals surface area contributed by atoms with Crippen LogP contribution in [0.5, 0.6) is 0 Å². The standard InChI is InChI=1S/C16H21N3OS/c1-11(2)9-21-10-15-18-16(20-19-15)13-7-8-17-14-6-4-3-5-12(13)14/h3-6,11,13,17H,7-10H2,1-2H3. The van der Waals surface area contributed by atoms with Crippen molar-refractivity contribution < 1.29 is 4.52 Å². The molecule has 0 saturated heterocycles. The number of aromatic nitrogens is 2. The Hall–Kier alpha value is -1.49. The Bertz CT molecular complexity index is 597. The second kappa shape index (κ2) is 6.52. The largest absolute Gasteiger partial charge is 0.385 e. The molecule has 1 atom stereocenters. The van der Waals surface area contributed by atoms with Crippen LogP contribution in [0, 0.1) is 5.92 Å². The molecule has 1 unspecified atom stereocenters. The van der Waals surface area contributed by atoms with Gasteiger partial charge in [-0.15, -0.1) is 0 Å². The third-order valence-corrected chi connectivity index (χ3v) is 4.91. The average Bonchev–Trinajstić information content (AvgIpc) is 2.95. The van der Waals surface area contributed by atoms with Gasteiger partial charge in [0.2, 0.25) is 5.89 Å². The van der Waals surface area contributed by atoms with Crippen molar-refractivity contribution >= 4 is 17.4 Å². The van der Waals surface area contributed by atoms with Gasteiger partial charge in [-0.1, -0.05) is 37.2 Å². The van der Waals surface area contributed by atoms with Crippen LogP contribution < -0.4 is 5.32 Å². The number of fused-ring (bicyclic) bond motifs is 1. The highest BCUT2D eigenvalue weighted by atomic mass is 32.2. The van der Waals surface area contributed by atoms with Crippen LogP contribution >= 0.6 is 11.8 Å². The Morgan fingerprint density at radius 2 is 2.24 bits per heavy atom. The topological polar surface area (TPSA) is 51.0 Å². The summed E-state index contributed by atoms with van der Waals surface area (Å²) in [5.74, 6) is 4.43. The first-order chi connectivity index (χ1) is 10.2. The smallest absolute Gasteiger partial charge is 0.234 e. The zero-order chi connectivity index (χ0) is 14.7. The Kier molecular flexibility index (Phi) is 4.48. The molecule has 0 saturated carbocycles. The lowest BCUT2D eigenvalue weighted by molar-refractivity contribution is 0.357. The number of benzene rings is 1. The van der Waals surface area contributed by atoms with Gasteiger partial charge < -0.3 is 9.84 Å². The maximum absolute atomic E-state index is 5.52. The first-order valence-corrected chi connectivity index (χ1v) is 8.62. The van der Waals surface area contributed by atoms with Crippen LogP contribution in [-0.4, -0.2) is 22.4 Å². The molecule has 0 radical (unpaired) electrons. The first kappa shape index (κ1) is 14.4. The second-order valence-electron chi connectivity index (χ2n) is 5.81. The minimum absolute atomic E-state index is 0.221. The molecule has 2 heterocycles. The Balaban J connectivity index is 1.72. The molecule has 21 heavy (non-hydrogen) atoms. The molecule has 0 amide bonds. The molecule has 1 aliphatic rings. The molecule has 112 valence electrons. The van der Waals surface area contributed by atoms with Gasteiger partial charge in [0, 0.05) is 12.2 Å². The van der Waals surface area contributed by atoms with Crippen LogP contribution in [-0.2, 0) is 5.75 Å². The van der Waals surface area contributed by atoms with Crippen LogP contribution in [0.15, 0.2) is 28.8 Å². The highest BCUT2D eigenvalue weighted by Gasteiger charge is 2.26. The van der Waals surface area contributed by atoms with E-state index in [-0.39, 0.29) is 5.92 Å². The lowest BCUT2D eigenvalue weighted by Gasteiger charge is -2.23. The summed E-state index contributed by atoms with van der Waals surface area (Å²) in [6.45, 7) is 5.39. The zero-order valence-corrected chi connectivity index (χ0v) is 13.3. The van der Waals surface area contributed by atoms with E-state index >= 15 is 0 Å². The van der Waals surface area contributed by atoms with Crippen LogP contribution in [0.4, 0.5) is 5.69 Å². The number of hydrogen-bond acceptors (Lipinski definition) is 5. The fraction of sp³-hybridized carbons (Fsp3) is 0.500. The fourth-order valence-corrected chi connectivity index (χ4v) is 3.47. The van der Waals surface area contributed by atoms with Gasteiger partial charge in [-0.2, -0.15) is 16.7 Å².